The molecule has 3 aromatic carbocycles. The lowest BCUT2D eigenvalue weighted by atomic mass is 9.98. The molecule has 0 bridgehead atoms. The van der Waals surface area contributed by atoms with Crippen LogP contribution in [0.15, 0.2) is 66.9 Å². The highest BCUT2D eigenvalue weighted by Crippen LogP contribution is 2.31. The van der Waals surface area contributed by atoms with Crippen molar-refractivity contribution in [2.75, 3.05) is 0 Å². The summed E-state index contributed by atoms with van der Waals surface area (Å²) in [6.07, 6.45) is -4.55. The van der Waals surface area contributed by atoms with Crippen molar-refractivity contribution in [1.82, 2.24) is 15.1 Å². The number of ether oxygens (including phenoxy) is 1. The molecule has 1 aromatic heterocycles. The van der Waals surface area contributed by atoms with Crippen molar-refractivity contribution in [3.05, 3.63) is 89.6 Å². The van der Waals surface area contributed by atoms with Gasteiger partial charge in [0, 0.05) is 5.39 Å². The molecule has 0 aliphatic heterocycles. The Morgan fingerprint density at radius 3 is 2.34 bits per heavy atom. The lowest BCUT2D eigenvalue weighted by Crippen LogP contribution is -2.45. The highest BCUT2D eigenvalue weighted by atomic mass is 19.4. The molecule has 0 spiro atoms. The summed E-state index contributed by atoms with van der Waals surface area (Å²) >= 11 is 0. The maximum atomic E-state index is 13.7. The van der Waals surface area contributed by atoms with E-state index in [2.05, 4.69) is 5.10 Å². The minimum Gasteiger partial charge on any atom is -0.484 e. The minimum atomic E-state index is -5.06. The first kappa shape index (κ1) is 24.2. The molecule has 182 valence electrons. The Morgan fingerprint density at radius 2 is 1.69 bits per heavy atom. The fourth-order valence-corrected chi connectivity index (χ4v) is 3.78. The van der Waals surface area contributed by atoms with Crippen LogP contribution in [0.1, 0.15) is 24.2 Å². The number of nitrogens with one attached hydrogen (secondary N) is 1. The topological polar surface area (TPSA) is 56.1 Å². The van der Waals surface area contributed by atoms with E-state index in [1.54, 1.807) is 48.1 Å². The molecule has 0 saturated heterocycles. The van der Waals surface area contributed by atoms with E-state index in [4.69, 9.17) is 4.74 Å². The van der Waals surface area contributed by atoms with Gasteiger partial charge in [0.1, 0.15) is 23.5 Å². The highest BCUT2D eigenvalue weighted by Gasteiger charge is 2.40. The second kappa shape index (κ2) is 9.36. The van der Waals surface area contributed by atoms with Crippen LogP contribution in [0.3, 0.4) is 0 Å². The van der Waals surface area contributed by atoms with Gasteiger partial charge in [-0.1, -0.05) is 6.07 Å². The quantitative estimate of drug-likeness (QED) is 0.349. The third-order valence-corrected chi connectivity index (χ3v) is 5.48. The van der Waals surface area contributed by atoms with Gasteiger partial charge in [0.25, 0.3) is 0 Å². The van der Waals surface area contributed by atoms with Crippen LogP contribution < -0.4 is 10.1 Å². The van der Waals surface area contributed by atoms with E-state index in [1.807, 2.05) is 5.32 Å². The van der Waals surface area contributed by atoms with E-state index in [0.29, 0.717) is 33.5 Å². The summed E-state index contributed by atoms with van der Waals surface area (Å²) in [5.41, 5.74) is 2.20. The zero-order chi connectivity index (χ0) is 25.3. The molecule has 10 heteroatoms. The van der Waals surface area contributed by atoms with E-state index in [1.165, 1.54) is 37.3 Å². The molecule has 1 N–H and O–H groups in total. The molecule has 0 unspecified atom stereocenters. The maximum absolute atomic E-state index is 13.7. The van der Waals surface area contributed by atoms with Gasteiger partial charge in [-0.25, -0.2) is 13.5 Å². The minimum absolute atomic E-state index is 0.304. The summed E-state index contributed by atoms with van der Waals surface area (Å²) in [7, 11) is 0. The molecule has 0 aliphatic rings. The number of amides is 1. The first-order valence-electron chi connectivity index (χ1n) is 10.6. The Balaban J connectivity index is 1.67. The summed E-state index contributed by atoms with van der Waals surface area (Å²) < 4.78 is 73.1. The molecule has 0 radical (unpaired) electrons. The van der Waals surface area contributed by atoms with Crippen LogP contribution in [-0.2, 0) is 4.79 Å². The average Bonchev–Trinajstić information content (AvgIpc) is 3.21. The Morgan fingerprint density at radius 1 is 1.00 bits per heavy atom. The number of nitrogens with zero attached hydrogens (tertiary/aromatic N) is 2. The number of rotatable bonds is 6. The van der Waals surface area contributed by atoms with Crippen molar-refractivity contribution in [1.29, 1.82) is 0 Å². The maximum Gasteiger partial charge on any atom is 0.471 e. The predicted molar refractivity (Wildman–Crippen MR) is 119 cm³/mol. The van der Waals surface area contributed by atoms with Crippen LogP contribution in [-0.4, -0.2) is 27.9 Å². The number of carbonyl (C=O) groups excluding carboxylic acids is 1. The number of fused-ring (bicyclic) bond motifs is 1. The molecular formula is C25H20F5N3O2. The molecule has 0 saturated carbocycles. The van der Waals surface area contributed by atoms with E-state index >= 15 is 0 Å². The largest absolute Gasteiger partial charge is 0.484 e. The lowest BCUT2D eigenvalue weighted by Gasteiger charge is -2.28. The Bertz CT molecular complexity index is 1370. The number of alkyl halides is 3. The van der Waals surface area contributed by atoms with Crippen molar-refractivity contribution >= 4 is 16.8 Å². The normalized spacial score (nSPS) is 13.5. The molecule has 5 nitrogen and oxygen atoms in total. The van der Waals surface area contributed by atoms with Gasteiger partial charge in [-0.2, -0.15) is 18.3 Å². The zero-order valence-corrected chi connectivity index (χ0v) is 18.6. The second-order valence-corrected chi connectivity index (χ2v) is 8.05. The predicted octanol–water partition coefficient (Wildman–Crippen LogP) is 5.80. The van der Waals surface area contributed by atoms with Crippen LogP contribution in [0, 0.1) is 18.6 Å². The monoisotopic (exact) mass is 489 g/mol. The Kier molecular flexibility index (Phi) is 6.47. The van der Waals surface area contributed by atoms with Crippen molar-refractivity contribution in [3.63, 3.8) is 0 Å². The van der Waals surface area contributed by atoms with Gasteiger partial charge in [-0.3, -0.25) is 4.79 Å². The summed E-state index contributed by atoms with van der Waals surface area (Å²) in [4.78, 5) is 11.5. The summed E-state index contributed by atoms with van der Waals surface area (Å²) in [5, 5.41) is 6.89. The summed E-state index contributed by atoms with van der Waals surface area (Å²) in [6.45, 7) is 2.98. The molecule has 0 fully saturated rings. The summed E-state index contributed by atoms with van der Waals surface area (Å²) in [6, 6.07) is 13.4. The van der Waals surface area contributed by atoms with Crippen molar-refractivity contribution in [3.8, 4) is 11.4 Å². The molecule has 4 aromatic rings. The van der Waals surface area contributed by atoms with Gasteiger partial charge in [-0.15, -0.1) is 0 Å². The van der Waals surface area contributed by atoms with Crippen LogP contribution in [0.5, 0.6) is 5.75 Å². The number of aryl methyl sites for hydroxylation is 1. The number of hydrogen-bond acceptors (Lipinski definition) is 3. The van der Waals surface area contributed by atoms with Crippen LogP contribution in [0.4, 0.5) is 22.0 Å². The number of carbonyl (C=O) groups is 1. The fraction of sp³-hybridized carbons (Fsp3) is 0.200. The molecule has 0 aliphatic carbocycles. The van der Waals surface area contributed by atoms with Crippen LogP contribution in [0.2, 0.25) is 0 Å². The first-order chi connectivity index (χ1) is 16.5. The third kappa shape index (κ3) is 5.26. The van der Waals surface area contributed by atoms with Crippen LogP contribution in [0.25, 0.3) is 16.6 Å². The smallest absolute Gasteiger partial charge is 0.471 e. The molecular weight excluding hydrogens is 469 g/mol. The molecule has 35 heavy (non-hydrogen) atoms. The van der Waals surface area contributed by atoms with E-state index in [-0.39, 0.29) is 5.82 Å². The van der Waals surface area contributed by atoms with Gasteiger partial charge in [-0.05, 0) is 79.6 Å². The highest BCUT2D eigenvalue weighted by molar-refractivity contribution is 5.82. The molecule has 4 rings (SSSR count). The average molecular weight is 489 g/mol. The molecule has 1 heterocycles. The standard InChI is InChI=1S/C25H20F5N3O2/c1-14-11-18(27)5-9-21(14)23(15(2)32-24(34)25(28,29)30)35-20-8-10-22-16(12-20)13-31-33(22)19-6-3-17(26)4-7-19/h3-13,15,23H,1-2H3,(H,32,34)/t15-,23-/m0/s1. The molecule has 2 atom stereocenters. The summed E-state index contributed by atoms with van der Waals surface area (Å²) in [5.74, 6) is -2.69. The number of benzene rings is 3. The van der Waals surface area contributed by atoms with Gasteiger partial charge < -0.3 is 10.1 Å². The van der Waals surface area contributed by atoms with E-state index in [0.717, 1.165) is 0 Å². The van der Waals surface area contributed by atoms with Gasteiger partial charge >= 0.3 is 12.1 Å². The first-order valence-corrected chi connectivity index (χ1v) is 10.6. The SMILES string of the molecule is Cc1cc(F)ccc1[C@@H](Oc1ccc2c(cnn2-c2ccc(F)cc2)c1)[C@H](C)NC(=O)C(F)(F)F. The Hall–Kier alpha value is -3.95. The molecule has 1 amide bonds. The van der Waals surface area contributed by atoms with Gasteiger partial charge in [0.15, 0.2) is 0 Å². The second-order valence-electron chi connectivity index (χ2n) is 8.05. The van der Waals surface area contributed by atoms with Crippen LogP contribution >= 0.6 is 0 Å². The zero-order valence-electron chi connectivity index (χ0n) is 18.6. The number of aromatic nitrogens is 2. The van der Waals surface area contributed by atoms with Crippen molar-refractivity contribution in [2.24, 2.45) is 0 Å². The lowest BCUT2D eigenvalue weighted by molar-refractivity contribution is -0.174. The fourth-order valence-electron chi connectivity index (χ4n) is 3.78. The van der Waals surface area contributed by atoms with Crippen molar-refractivity contribution in [2.45, 2.75) is 32.2 Å². The van der Waals surface area contributed by atoms with Gasteiger partial charge in [0.05, 0.1) is 23.4 Å². The van der Waals surface area contributed by atoms with Crippen molar-refractivity contribution < 1.29 is 31.5 Å². The van der Waals surface area contributed by atoms with E-state index in [9.17, 15) is 26.7 Å². The van der Waals surface area contributed by atoms with E-state index < -0.39 is 30.0 Å². The Labute approximate surface area is 197 Å². The number of hydrogen-bond donors (Lipinski definition) is 1. The van der Waals surface area contributed by atoms with Gasteiger partial charge in [0.2, 0.25) is 0 Å². The number of halogens is 5. The third-order valence-electron chi connectivity index (χ3n) is 5.48.